The van der Waals surface area contributed by atoms with Crippen molar-refractivity contribution in [3.63, 3.8) is 0 Å². The Morgan fingerprint density at radius 3 is 2.35 bits per heavy atom. The van der Waals surface area contributed by atoms with E-state index in [9.17, 15) is 18.0 Å². The van der Waals surface area contributed by atoms with Gasteiger partial charge in [0.2, 0.25) is 15.6 Å². The Morgan fingerprint density at radius 1 is 1.17 bits per heavy atom. The number of nitrogens with one attached hydrogen (secondary N) is 2. The van der Waals surface area contributed by atoms with Crippen molar-refractivity contribution in [3.05, 3.63) is 69.1 Å². The minimum Gasteiger partial charge on any atom is -0.326 e. The molecule has 0 atom stereocenters. The normalized spacial score (nSPS) is 14.5. The summed E-state index contributed by atoms with van der Waals surface area (Å²) in [6, 6.07) is 10.0. The van der Waals surface area contributed by atoms with E-state index in [1.54, 1.807) is 6.92 Å². The second kappa shape index (κ2) is 5.66. The molecule has 1 heterocycles. The molecule has 0 fully saturated rings. The number of amides is 1. The molecule has 1 aromatic heterocycles. The average molecular weight is 332 g/mol. The van der Waals surface area contributed by atoms with Gasteiger partial charge in [0, 0.05) is 17.3 Å². The maximum absolute atomic E-state index is 12.4. The number of benzene rings is 1. The van der Waals surface area contributed by atoms with Gasteiger partial charge in [-0.05, 0) is 37.0 Å². The predicted molar refractivity (Wildman–Crippen MR) is 85.8 cm³/mol. The van der Waals surface area contributed by atoms with Gasteiger partial charge in [-0.1, -0.05) is 24.3 Å². The van der Waals surface area contributed by atoms with Crippen molar-refractivity contribution in [1.29, 1.82) is 0 Å². The molecular formula is C16H16N2O4S. The standard InChI is InChI=1S/C16H16N2O4S/c1-10-6-13(9-15(19)17-10)16(20)18-23(21,22)14-7-11-4-2-3-5-12(11)8-14/h2-6,9,14H,7-8H2,1H3,(H,17,19)(H,18,20). The van der Waals surface area contributed by atoms with Crippen LogP contribution < -0.4 is 10.3 Å². The van der Waals surface area contributed by atoms with E-state index in [0.29, 0.717) is 18.5 Å². The molecule has 120 valence electrons. The van der Waals surface area contributed by atoms with Gasteiger partial charge in [0.1, 0.15) is 0 Å². The summed E-state index contributed by atoms with van der Waals surface area (Å²) in [7, 11) is -3.81. The minimum absolute atomic E-state index is 0.0327. The maximum atomic E-state index is 12.4. The molecule has 0 spiro atoms. The Bertz CT molecular complexity index is 906. The van der Waals surface area contributed by atoms with E-state index in [1.807, 2.05) is 24.3 Å². The number of pyridine rings is 1. The van der Waals surface area contributed by atoms with Crippen molar-refractivity contribution in [2.24, 2.45) is 0 Å². The van der Waals surface area contributed by atoms with Crippen LogP contribution in [0.1, 0.15) is 27.2 Å². The topological polar surface area (TPSA) is 96.1 Å². The van der Waals surface area contributed by atoms with E-state index in [0.717, 1.165) is 17.2 Å². The van der Waals surface area contributed by atoms with Crippen LogP contribution in [0.25, 0.3) is 0 Å². The lowest BCUT2D eigenvalue weighted by Gasteiger charge is -2.12. The molecule has 0 saturated heterocycles. The molecule has 0 saturated carbocycles. The summed E-state index contributed by atoms with van der Waals surface area (Å²) >= 11 is 0. The molecular weight excluding hydrogens is 316 g/mol. The molecule has 2 aromatic rings. The van der Waals surface area contributed by atoms with Crippen LogP contribution >= 0.6 is 0 Å². The van der Waals surface area contributed by atoms with Crippen molar-refractivity contribution < 1.29 is 13.2 Å². The first-order valence-electron chi connectivity index (χ1n) is 7.19. The summed E-state index contributed by atoms with van der Waals surface area (Å²) in [5, 5.41) is -0.674. The number of carbonyl (C=O) groups excluding carboxylic acids is 1. The Morgan fingerprint density at radius 2 is 1.78 bits per heavy atom. The van der Waals surface area contributed by atoms with Crippen LogP contribution in [0, 0.1) is 6.92 Å². The van der Waals surface area contributed by atoms with Crippen molar-refractivity contribution in [3.8, 4) is 0 Å². The van der Waals surface area contributed by atoms with Gasteiger partial charge in [-0.25, -0.2) is 13.1 Å². The zero-order chi connectivity index (χ0) is 16.6. The summed E-state index contributed by atoms with van der Waals surface area (Å²) < 4.78 is 27.0. The quantitative estimate of drug-likeness (QED) is 0.873. The van der Waals surface area contributed by atoms with E-state index in [-0.39, 0.29) is 5.56 Å². The van der Waals surface area contributed by atoms with E-state index in [4.69, 9.17) is 0 Å². The first-order chi connectivity index (χ1) is 10.8. The van der Waals surface area contributed by atoms with Crippen LogP contribution in [0.15, 0.2) is 41.2 Å². The van der Waals surface area contributed by atoms with Gasteiger partial charge in [-0.2, -0.15) is 0 Å². The number of rotatable bonds is 3. The maximum Gasteiger partial charge on any atom is 0.264 e. The molecule has 2 N–H and O–H groups in total. The zero-order valence-corrected chi connectivity index (χ0v) is 13.3. The van der Waals surface area contributed by atoms with E-state index >= 15 is 0 Å². The second-order valence-corrected chi connectivity index (χ2v) is 7.65. The first kappa shape index (κ1) is 15.5. The summed E-state index contributed by atoms with van der Waals surface area (Å²) in [5.74, 6) is -0.782. The highest BCUT2D eigenvalue weighted by Crippen LogP contribution is 2.25. The van der Waals surface area contributed by atoms with Crippen molar-refractivity contribution in [1.82, 2.24) is 9.71 Å². The second-order valence-electron chi connectivity index (χ2n) is 5.69. The lowest BCUT2D eigenvalue weighted by molar-refractivity contribution is 0.0980. The number of carbonyl (C=O) groups is 1. The van der Waals surface area contributed by atoms with Crippen molar-refractivity contribution >= 4 is 15.9 Å². The van der Waals surface area contributed by atoms with Crippen molar-refractivity contribution in [2.45, 2.75) is 25.0 Å². The Labute approximate surface area is 133 Å². The lowest BCUT2D eigenvalue weighted by Crippen LogP contribution is -2.39. The Hall–Kier alpha value is -2.41. The third-order valence-corrected chi connectivity index (χ3v) is 5.61. The van der Waals surface area contributed by atoms with Gasteiger partial charge in [0.15, 0.2) is 0 Å². The van der Waals surface area contributed by atoms with Crippen LogP contribution in [-0.4, -0.2) is 24.6 Å². The number of aromatic amines is 1. The van der Waals surface area contributed by atoms with Gasteiger partial charge < -0.3 is 4.98 Å². The third kappa shape index (κ3) is 3.19. The van der Waals surface area contributed by atoms with Crippen molar-refractivity contribution in [2.75, 3.05) is 0 Å². The van der Waals surface area contributed by atoms with Crippen LogP contribution in [0.3, 0.4) is 0 Å². The molecule has 1 amide bonds. The van der Waals surface area contributed by atoms with Crippen LogP contribution in [0.2, 0.25) is 0 Å². The van der Waals surface area contributed by atoms with E-state index < -0.39 is 26.7 Å². The van der Waals surface area contributed by atoms with Gasteiger partial charge in [-0.15, -0.1) is 0 Å². The van der Waals surface area contributed by atoms with E-state index in [1.165, 1.54) is 6.07 Å². The molecule has 1 aliphatic rings. The summed E-state index contributed by atoms with van der Waals surface area (Å²) in [6.07, 6.45) is 0.764. The number of fused-ring (bicyclic) bond motifs is 1. The highest BCUT2D eigenvalue weighted by molar-refractivity contribution is 7.90. The van der Waals surface area contributed by atoms with Gasteiger partial charge in [-0.3, -0.25) is 9.59 Å². The lowest BCUT2D eigenvalue weighted by atomic mass is 10.1. The number of hydrogen-bond donors (Lipinski definition) is 2. The molecule has 23 heavy (non-hydrogen) atoms. The van der Waals surface area contributed by atoms with Crippen LogP contribution in [0.4, 0.5) is 0 Å². The molecule has 1 aliphatic carbocycles. The third-order valence-electron chi connectivity index (χ3n) is 3.93. The summed E-state index contributed by atoms with van der Waals surface area (Å²) in [5.41, 5.74) is 2.06. The number of aryl methyl sites for hydroxylation is 1. The first-order valence-corrected chi connectivity index (χ1v) is 8.73. The van der Waals surface area contributed by atoms with Gasteiger partial charge in [0.05, 0.1) is 5.25 Å². The molecule has 7 heteroatoms. The van der Waals surface area contributed by atoms with E-state index in [2.05, 4.69) is 9.71 Å². The number of hydrogen-bond acceptors (Lipinski definition) is 4. The minimum atomic E-state index is -3.81. The Kier molecular flexibility index (Phi) is 3.81. The fraction of sp³-hybridized carbons (Fsp3) is 0.250. The fourth-order valence-corrected chi connectivity index (χ4v) is 4.16. The summed E-state index contributed by atoms with van der Waals surface area (Å²) in [4.78, 5) is 26.1. The number of aromatic nitrogens is 1. The summed E-state index contributed by atoms with van der Waals surface area (Å²) in [6.45, 7) is 1.63. The Balaban J connectivity index is 1.79. The highest BCUT2D eigenvalue weighted by Gasteiger charge is 2.33. The highest BCUT2D eigenvalue weighted by atomic mass is 32.2. The molecule has 1 aromatic carbocycles. The fourth-order valence-electron chi connectivity index (χ4n) is 2.82. The zero-order valence-electron chi connectivity index (χ0n) is 12.5. The van der Waals surface area contributed by atoms with Crippen LogP contribution in [0.5, 0.6) is 0 Å². The smallest absolute Gasteiger partial charge is 0.264 e. The molecule has 0 aliphatic heterocycles. The number of sulfonamides is 1. The molecule has 0 radical (unpaired) electrons. The SMILES string of the molecule is Cc1cc(C(=O)NS(=O)(=O)C2Cc3ccccc3C2)cc(=O)[nH]1. The molecule has 3 rings (SSSR count). The number of H-pyrrole nitrogens is 1. The van der Waals surface area contributed by atoms with Gasteiger partial charge >= 0.3 is 0 Å². The monoisotopic (exact) mass is 332 g/mol. The largest absolute Gasteiger partial charge is 0.326 e. The predicted octanol–water partition coefficient (Wildman–Crippen LogP) is 0.910. The van der Waals surface area contributed by atoms with Crippen LogP contribution in [-0.2, 0) is 22.9 Å². The molecule has 0 bridgehead atoms. The average Bonchev–Trinajstić information content (AvgIpc) is 2.90. The molecule has 0 unspecified atom stereocenters. The van der Waals surface area contributed by atoms with Gasteiger partial charge in [0.25, 0.3) is 5.91 Å². The molecule has 6 nitrogen and oxygen atoms in total.